The van der Waals surface area contributed by atoms with Gasteiger partial charge in [-0.3, -0.25) is 29.8 Å². The van der Waals surface area contributed by atoms with Crippen LogP contribution in [0.1, 0.15) is 25.8 Å². The molecule has 30 heavy (non-hydrogen) atoms. The van der Waals surface area contributed by atoms with E-state index in [-0.39, 0.29) is 23.5 Å². The Morgan fingerprint density at radius 3 is 1.93 bits per heavy atom. The maximum absolute atomic E-state index is 11.0. The first-order valence-electron chi connectivity index (χ1n) is 8.68. The molecule has 0 aromatic heterocycles. The molecule has 0 aliphatic heterocycles. The highest BCUT2D eigenvalue weighted by atomic mass is 16.6. The van der Waals surface area contributed by atoms with E-state index in [2.05, 4.69) is 0 Å². The predicted molar refractivity (Wildman–Crippen MR) is 108 cm³/mol. The number of hydrogen-bond acceptors (Lipinski definition) is 7. The number of carbonyl (C=O) groups is 2. The van der Waals surface area contributed by atoms with E-state index in [1.807, 2.05) is 0 Å². The van der Waals surface area contributed by atoms with Gasteiger partial charge in [0.05, 0.1) is 9.85 Å². The molecule has 0 saturated carbocycles. The number of aryl methyl sites for hydroxylation is 1. The molecule has 0 unspecified atom stereocenters. The molecule has 0 radical (unpaired) electrons. The summed E-state index contributed by atoms with van der Waals surface area (Å²) in [6, 6.07) is 12.1. The number of nitro groups is 2. The molecule has 0 fully saturated rings. The molecule has 2 rings (SSSR count). The monoisotopic (exact) mass is 418 g/mol. The fourth-order valence-electron chi connectivity index (χ4n) is 2.18. The van der Waals surface area contributed by atoms with Gasteiger partial charge >= 0.3 is 5.69 Å². The van der Waals surface area contributed by atoms with Gasteiger partial charge in [0.15, 0.2) is 11.4 Å². The van der Waals surface area contributed by atoms with Gasteiger partial charge < -0.3 is 16.2 Å². The number of rotatable bonds is 8. The van der Waals surface area contributed by atoms with Gasteiger partial charge in [0, 0.05) is 24.1 Å². The van der Waals surface area contributed by atoms with Crippen molar-refractivity contribution in [3.8, 4) is 5.75 Å². The molecule has 11 heteroatoms. The number of primary amides is 2. The lowest BCUT2D eigenvalue weighted by atomic mass is 10.1. The van der Waals surface area contributed by atoms with Crippen LogP contribution in [-0.4, -0.2) is 27.3 Å². The normalized spacial score (nSPS) is 10.3. The Balaban J connectivity index is 0.000000303. The van der Waals surface area contributed by atoms with E-state index in [1.54, 1.807) is 24.3 Å². The number of hydrogen-bond donors (Lipinski definition) is 2. The van der Waals surface area contributed by atoms with E-state index in [0.717, 1.165) is 0 Å². The van der Waals surface area contributed by atoms with E-state index in [1.165, 1.54) is 38.1 Å². The van der Waals surface area contributed by atoms with E-state index < -0.39 is 27.3 Å². The summed E-state index contributed by atoms with van der Waals surface area (Å²) in [6.07, 6.45) is 0.442. The first kappa shape index (κ1) is 24.0. The number of ether oxygens (including phenoxy) is 1. The van der Waals surface area contributed by atoms with Gasteiger partial charge in [-0.2, -0.15) is 0 Å². The van der Waals surface area contributed by atoms with Gasteiger partial charge in [0.1, 0.15) is 0 Å². The summed E-state index contributed by atoms with van der Waals surface area (Å²) in [5.41, 5.74) is 9.16. The maximum atomic E-state index is 11.0. The van der Waals surface area contributed by atoms with E-state index in [4.69, 9.17) is 16.2 Å². The topological polar surface area (TPSA) is 182 Å². The molecule has 0 spiro atoms. The largest absolute Gasteiger partial charge is 0.471 e. The summed E-state index contributed by atoms with van der Waals surface area (Å²) in [5.74, 6) is -1.12. The lowest BCUT2D eigenvalue weighted by molar-refractivity contribution is -0.386. The van der Waals surface area contributed by atoms with E-state index in [9.17, 15) is 29.8 Å². The molecule has 0 atom stereocenters. The standard InChI is InChI=1S/C10H12N2O4.C9H10N2O3/c1-10(2,9(11)13)16-8-6-4-3-5-7(8)12(14)15;10-9(12)6-5-7-3-1-2-4-8(7)11(13)14/h3-6H,1-2H3,(H2,11,13);1-4H,5-6H2,(H2,10,12). The molecule has 0 aliphatic carbocycles. The van der Waals surface area contributed by atoms with Crippen LogP contribution in [0.15, 0.2) is 48.5 Å². The number of nitrogens with two attached hydrogens (primary N) is 2. The molecule has 4 N–H and O–H groups in total. The third kappa shape index (κ3) is 7.19. The van der Waals surface area contributed by atoms with Crippen LogP contribution in [0.3, 0.4) is 0 Å². The summed E-state index contributed by atoms with van der Waals surface area (Å²) in [5, 5.41) is 21.2. The molecule has 11 nitrogen and oxygen atoms in total. The van der Waals surface area contributed by atoms with Crippen molar-refractivity contribution in [3.63, 3.8) is 0 Å². The van der Waals surface area contributed by atoms with E-state index in [0.29, 0.717) is 12.0 Å². The fourth-order valence-corrected chi connectivity index (χ4v) is 2.18. The van der Waals surface area contributed by atoms with Crippen molar-refractivity contribution < 1.29 is 24.2 Å². The van der Waals surface area contributed by atoms with Crippen LogP contribution in [0.4, 0.5) is 11.4 Å². The van der Waals surface area contributed by atoms with Gasteiger partial charge in [-0.25, -0.2) is 0 Å². The molecule has 0 aliphatic rings. The molecule has 2 aromatic rings. The van der Waals surface area contributed by atoms with Crippen molar-refractivity contribution in [3.05, 3.63) is 74.3 Å². The van der Waals surface area contributed by atoms with Gasteiger partial charge in [0.2, 0.25) is 5.91 Å². The second kappa shape index (κ2) is 10.5. The molecular weight excluding hydrogens is 396 g/mol. The summed E-state index contributed by atoms with van der Waals surface area (Å²) in [7, 11) is 0. The average molecular weight is 418 g/mol. The van der Waals surface area contributed by atoms with Crippen LogP contribution >= 0.6 is 0 Å². The molecular formula is C19H22N4O7. The van der Waals surface area contributed by atoms with Gasteiger partial charge in [-0.05, 0) is 26.3 Å². The quantitative estimate of drug-likeness (QED) is 0.486. The molecule has 0 bridgehead atoms. The number of amides is 2. The predicted octanol–water partition coefficient (Wildman–Crippen LogP) is 2.25. The van der Waals surface area contributed by atoms with Gasteiger partial charge in [-0.1, -0.05) is 30.3 Å². The minimum absolute atomic E-state index is 0.0244. The van der Waals surface area contributed by atoms with Crippen LogP contribution < -0.4 is 16.2 Å². The second-order valence-electron chi connectivity index (χ2n) is 6.55. The molecule has 0 heterocycles. The Hall–Kier alpha value is -4.02. The fraction of sp³-hybridized carbons (Fsp3) is 0.263. The zero-order valence-electron chi connectivity index (χ0n) is 16.4. The Morgan fingerprint density at radius 2 is 1.43 bits per heavy atom. The first-order valence-corrected chi connectivity index (χ1v) is 8.68. The van der Waals surface area contributed by atoms with Crippen LogP contribution in [0.25, 0.3) is 0 Å². The smallest absolute Gasteiger partial charge is 0.310 e. The SMILES string of the molecule is CC(C)(Oc1ccccc1[N+](=O)[O-])C(N)=O.NC(=O)CCc1ccccc1[N+](=O)[O-]. The summed E-state index contributed by atoms with van der Waals surface area (Å²) < 4.78 is 5.24. The highest BCUT2D eigenvalue weighted by Gasteiger charge is 2.30. The summed E-state index contributed by atoms with van der Waals surface area (Å²) >= 11 is 0. The third-order valence-electron chi connectivity index (χ3n) is 3.85. The third-order valence-corrected chi connectivity index (χ3v) is 3.85. The van der Waals surface area contributed by atoms with Crippen molar-refractivity contribution >= 4 is 23.2 Å². The number of nitrogens with zero attached hydrogens (tertiary/aromatic N) is 2. The lowest BCUT2D eigenvalue weighted by Gasteiger charge is -2.22. The van der Waals surface area contributed by atoms with Crippen molar-refractivity contribution in [1.29, 1.82) is 0 Å². The number of nitro benzene ring substituents is 2. The Labute approximate surface area is 171 Å². The Morgan fingerprint density at radius 1 is 0.933 bits per heavy atom. The number of carbonyl (C=O) groups excluding carboxylic acids is 2. The average Bonchev–Trinajstić information content (AvgIpc) is 2.66. The molecule has 2 aromatic carbocycles. The zero-order valence-corrected chi connectivity index (χ0v) is 16.4. The molecule has 0 saturated heterocycles. The van der Waals surface area contributed by atoms with Crippen LogP contribution in [0.2, 0.25) is 0 Å². The highest BCUT2D eigenvalue weighted by Crippen LogP contribution is 2.29. The van der Waals surface area contributed by atoms with E-state index >= 15 is 0 Å². The van der Waals surface area contributed by atoms with Gasteiger partial charge in [-0.15, -0.1) is 0 Å². The van der Waals surface area contributed by atoms with Crippen LogP contribution in [0, 0.1) is 20.2 Å². The molecule has 2 amide bonds. The minimum Gasteiger partial charge on any atom is -0.471 e. The first-order chi connectivity index (χ1) is 14.0. The second-order valence-corrected chi connectivity index (χ2v) is 6.55. The summed E-state index contributed by atoms with van der Waals surface area (Å²) in [4.78, 5) is 41.7. The number of benzene rings is 2. The summed E-state index contributed by atoms with van der Waals surface area (Å²) in [6.45, 7) is 2.90. The van der Waals surface area contributed by atoms with Crippen molar-refractivity contribution in [2.24, 2.45) is 11.5 Å². The van der Waals surface area contributed by atoms with Gasteiger partial charge in [0.25, 0.3) is 11.6 Å². The maximum Gasteiger partial charge on any atom is 0.310 e. The Kier molecular flexibility index (Phi) is 8.41. The van der Waals surface area contributed by atoms with Crippen LogP contribution in [0.5, 0.6) is 5.75 Å². The zero-order chi connectivity index (χ0) is 22.9. The highest BCUT2D eigenvalue weighted by molar-refractivity contribution is 5.83. The van der Waals surface area contributed by atoms with Crippen molar-refractivity contribution in [2.45, 2.75) is 32.3 Å². The van der Waals surface area contributed by atoms with Crippen molar-refractivity contribution in [2.75, 3.05) is 0 Å². The Bertz CT molecular complexity index is 944. The minimum atomic E-state index is -1.29. The molecule has 160 valence electrons. The van der Waals surface area contributed by atoms with Crippen LogP contribution in [-0.2, 0) is 16.0 Å². The lowest BCUT2D eigenvalue weighted by Crippen LogP contribution is -2.43. The number of para-hydroxylation sites is 3. The van der Waals surface area contributed by atoms with Crippen molar-refractivity contribution in [1.82, 2.24) is 0 Å².